The third-order valence-corrected chi connectivity index (χ3v) is 5.31. The van der Waals surface area contributed by atoms with Gasteiger partial charge in [-0.25, -0.2) is 9.67 Å². The Kier molecular flexibility index (Phi) is 8.00. The summed E-state index contributed by atoms with van der Waals surface area (Å²) < 4.78 is 23.8. The minimum atomic E-state index is 0.438. The van der Waals surface area contributed by atoms with Crippen LogP contribution in [0.4, 0.5) is 5.82 Å². The second kappa shape index (κ2) is 11.5. The van der Waals surface area contributed by atoms with Crippen LogP contribution in [0, 0.1) is 6.92 Å². The second-order valence-electron chi connectivity index (χ2n) is 7.82. The third kappa shape index (κ3) is 5.67. The number of amidine groups is 1. The number of ether oxygens (including phenoxy) is 4. The van der Waals surface area contributed by atoms with Gasteiger partial charge in [-0.15, -0.1) is 0 Å². The van der Waals surface area contributed by atoms with Gasteiger partial charge in [0, 0.05) is 20.8 Å². The van der Waals surface area contributed by atoms with Gasteiger partial charge in [0.15, 0.2) is 11.5 Å². The number of aliphatic imine (C=N–C) groups is 1. The SMILES string of the molecule is COCCOc1ccc(CNC2=NCNc3c2cnn3-c2cccc(C)c2)cc1OCCOC. The summed E-state index contributed by atoms with van der Waals surface area (Å²) in [5.74, 6) is 3.08. The van der Waals surface area contributed by atoms with E-state index in [0.29, 0.717) is 51.1 Å². The Morgan fingerprint density at radius 1 is 0.971 bits per heavy atom. The van der Waals surface area contributed by atoms with E-state index in [0.717, 1.165) is 28.5 Å². The molecule has 0 aliphatic carbocycles. The highest BCUT2D eigenvalue weighted by molar-refractivity contribution is 6.04. The van der Waals surface area contributed by atoms with Gasteiger partial charge in [-0.05, 0) is 42.3 Å². The summed E-state index contributed by atoms with van der Waals surface area (Å²) in [7, 11) is 3.29. The number of hydrogen-bond donors (Lipinski definition) is 2. The molecule has 0 unspecified atom stereocenters. The predicted octanol–water partition coefficient (Wildman–Crippen LogP) is 3.15. The Morgan fingerprint density at radius 2 is 1.76 bits per heavy atom. The van der Waals surface area contributed by atoms with Crippen LogP contribution in [0.5, 0.6) is 11.5 Å². The van der Waals surface area contributed by atoms with Gasteiger partial charge in [0.2, 0.25) is 0 Å². The van der Waals surface area contributed by atoms with Crippen LogP contribution >= 0.6 is 0 Å². The van der Waals surface area contributed by atoms with Crippen LogP contribution in [0.2, 0.25) is 0 Å². The lowest BCUT2D eigenvalue weighted by atomic mass is 10.2. The Labute approximate surface area is 199 Å². The van der Waals surface area contributed by atoms with Crippen LogP contribution in [0.1, 0.15) is 16.7 Å². The molecule has 34 heavy (non-hydrogen) atoms. The molecule has 1 aromatic heterocycles. The highest BCUT2D eigenvalue weighted by atomic mass is 16.5. The van der Waals surface area contributed by atoms with Crippen molar-refractivity contribution in [3.05, 3.63) is 65.4 Å². The summed E-state index contributed by atoms with van der Waals surface area (Å²) in [5, 5.41) is 11.4. The zero-order valence-corrected chi connectivity index (χ0v) is 19.8. The zero-order valence-electron chi connectivity index (χ0n) is 19.8. The minimum absolute atomic E-state index is 0.438. The smallest absolute Gasteiger partial charge is 0.161 e. The van der Waals surface area contributed by atoms with Crippen molar-refractivity contribution in [3.8, 4) is 17.2 Å². The predicted molar refractivity (Wildman–Crippen MR) is 131 cm³/mol. The first-order valence-electron chi connectivity index (χ1n) is 11.2. The van der Waals surface area contributed by atoms with E-state index in [9.17, 15) is 0 Å². The summed E-state index contributed by atoms with van der Waals surface area (Å²) in [5.41, 5.74) is 4.17. The number of rotatable bonds is 11. The van der Waals surface area contributed by atoms with E-state index in [1.807, 2.05) is 41.2 Å². The number of fused-ring (bicyclic) bond motifs is 1. The Hall–Kier alpha value is -3.56. The van der Waals surface area contributed by atoms with Gasteiger partial charge >= 0.3 is 0 Å². The van der Waals surface area contributed by atoms with Crippen molar-refractivity contribution in [2.24, 2.45) is 4.99 Å². The maximum Gasteiger partial charge on any atom is 0.161 e. The maximum atomic E-state index is 5.89. The molecule has 2 aromatic carbocycles. The maximum absolute atomic E-state index is 5.89. The average Bonchev–Trinajstić information content (AvgIpc) is 3.29. The van der Waals surface area contributed by atoms with E-state index in [4.69, 9.17) is 18.9 Å². The Balaban J connectivity index is 1.47. The van der Waals surface area contributed by atoms with Crippen LogP contribution in [0.3, 0.4) is 0 Å². The minimum Gasteiger partial charge on any atom is -0.487 e. The van der Waals surface area contributed by atoms with Crippen LogP contribution in [-0.4, -0.2) is 62.9 Å². The third-order valence-electron chi connectivity index (χ3n) is 5.31. The summed E-state index contributed by atoms with van der Waals surface area (Å²) in [6.07, 6.45) is 1.84. The van der Waals surface area contributed by atoms with E-state index in [1.54, 1.807) is 14.2 Å². The van der Waals surface area contributed by atoms with Crippen molar-refractivity contribution in [2.75, 3.05) is 52.6 Å². The molecule has 0 saturated carbocycles. The molecule has 0 fully saturated rings. The molecule has 3 aromatic rings. The van der Waals surface area contributed by atoms with Gasteiger partial charge in [-0.3, -0.25) is 0 Å². The first-order chi connectivity index (χ1) is 16.7. The molecular formula is C25H31N5O4. The normalized spacial score (nSPS) is 12.5. The van der Waals surface area contributed by atoms with Crippen molar-refractivity contribution in [2.45, 2.75) is 13.5 Å². The fourth-order valence-corrected chi connectivity index (χ4v) is 3.63. The summed E-state index contributed by atoms with van der Waals surface area (Å²) in [6.45, 7) is 5.02. The summed E-state index contributed by atoms with van der Waals surface area (Å²) in [4.78, 5) is 4.62. The number of aryl methyl sites for hydroxylation is 1. The molecule has 0 saturated heterocycles. The standard InChI is InChI=1S/C25H31N5O4/c1-18-5-4-6-20(13-18)30-25-21(16-29-30)24(27-17-28-25)26-15-19-7-8-22(33-11-9-31-2)23(14-19)34-12-10-32-3/h4-8,13-14,16,28H,9-12,15,17H2,1-3H3,(H,26,27). The van der Waals surface area contributed by atoms with Gasteiger partial charge < -0.3 is 29.6 Å². The second-order valence-corrected chi connectivity index (χ2v) is 7.82. The van der Waals surface area contributed by atoms with E-state index in [1.165, 1.54) is 5.56 Å². The molecule has 1 aliphatic rings. The fraction of sp³-hybridized carbons (Fsp3) is 0.360. The van der Waals surface area contributed by atoms with Crippen LogP contribution in [0.15, 0.2) is 53.7 Å². The number of benzene rings is 2. The van der Waals surface area contributed by atoms with E-state index < -0.39 is 0 Å². The number of hydrogen-bond acceptors (Lipinski definition) is 8. The van der Waals surface area contributed by atoms with Gasteiger partial charge in [0.05, 0.1) is 30.7 Å². The number of anilines is 1. The van der Waals surface area contributed by atoms with E-state index in [2.05, 4.69) is 39.8 Å². The quantitative estimate of drug-likeness (QED) is 0.421. The lowest BCUT2D eigenvalue weighted by Gasteiger charge is -2.19. The first-order valence-corrected chi connectivity index (χ1v) is 11.2. The topological polar surface area (TPSA) is 91.2 Å². The molecule has 4 rings (SSSR count). The van der Waals surface area contributed by atoms with Crippen molar-refractivity contribution < 1.29 is 18.9 Å². The van der Waals surface area contributed by atoms with Crippen LogP contribution < -0.4 is 20.1 Å². The van der Waals surface area contributed by atoms with E-state index in [-0.39, 0.29) is 0 Å². The average molecular weight is 466 g/mol. The van der Waals surface area contributed by atoms with Crippen LogP contribution in [-0.2, 0) is 16.0 Å². The summed E-state index contributed by atoms with van der Waals surface area (Å²) >= 11 is 0. The Morgan fingerprint density at radius 3 is 2.53 bits per heavy atom. The van der Waals surface area contributed by atoms with Gasteiger partial charge in [0.1, 0.15) is 31.5 Å². The van der Waals surface area contributed by atoms with E-state index >= 15 is 0 Å². The summed E-state index contributed by atoms with van der Waals surface area (Å²) in [6, 6.07) is 14.2. The number of methoxy groups -OCH3 is 2. The molecule has 2 heterocycles. The monoisotopic (exact) mass is 465 g/mol. The van der Waals surface area contributed by atoms with Crippen molar-refractivity contribution in [3.63, 3.8) is 0 Å². The highest BCUT2D eigenvalue weighted by Crippen LogP contribution is 2.29. The molecule has 0 radical (unpaired) electrons. The van der Waals surface area contributed by atoms with Crippen molar-refractivity contribution in [1.82, 2.24) is 15.1 Å². The molecule has 9 nitrogen and oxygen atoms in total. The number of aromatic nitrogens is 2. The van der Waals surface area contributed by atoms with Crippen LogP contribution in [0.25, 0.3) is 5.69 Å². The lowest BCUT2D eigenvalue weighted by molar-refractivity contribution is 0.132. The highest BCUT2D eigenvalue weighted by Gasteiger charge is 2.20. The Bertz CT molecular complexity index is 1130. The number of nitrogens with one attached hydrogen (secondary N) is 2. The number of nitrogens with zero attached hydrogens (tertiary/aromatic N) is 3. The largest absolute Gasteiger partial charge is 0.487 e. The van der Waals surface area contributed by atoms with Gasteiger partial charge in [-0.1, -0.05) is 18.2 Å². The molecule has 9 heteroatoms. The van der Waals surface area contributed by atoms with Gasteiger partial charge in [-0.2, -0.15) is 5.10 Å². The lowest BCUT2D eigenvalue weighted by Crippen LogP contribution is -2.29. The first kappa shape index (κ1) is 23.6. The van der Waals surface area contributed by atoms with Gasteiger partial charge in [0.25, 0.3) is 0 Å². The molecule has 1 aliphatic heterocycles. The zero-order chi connectivity index (χ0) is 23.8. The van der Waals surface area contributed by atoms with Crippen molar-refractivity contribution in [1.29, 1.82) is 0 Å². The molecule has 0 spiro atoms. The molecule has 2 N–H and O–H groups in total. The molecule has 0 atom stereocenters. The molecule has 180 valence electrons. The fourth-order valence-electron chi connectivity index (χ4n) is 3.63. The molecule has 0 bridgehead atoms. The molecular weight excluding hydrogens is 434 g/mol. The van der Waals surface area contributed by atoms with Crippen molar-refractivity contribution >= 4 is 11.7 Å². The molecule has 0 amide bonds.